The van der Waals surface area contributed by atoms with Gasteiger partial charge in [-0.3, -0.25) is 9.78 Å². The summed E-state index contributed by atoms with van der Waals surface area (Å²) in [4.78, 5) is 17.4. The Balaban J connectivity index is 1.73. The zero-order valence-corrected chi connectivity index (χ0v) is 16.4. The number of carbonyl (C=O) groups is 1. The lowest BCUT2D eigenvalue weighted by Gasteiger charge is -2.17. The van der Waals surface area contributed by atoms with Crippen LogP contribution in [0, 0.1) is 12.7 Å². The number of para-hydroxylation sites is 2. The molecule has 1 amide bonds. The molecular formula is C24H21FN4O. The van der Waals surface area contributed by atoms with Crippen LogP contribution in [0.2, 0.25) is 0 Å². The Morgan fingerprint density at radius 3 is 2.67 bits per heavy atom. The molecule has 4 aromatic rings. The Labute approximate surface area is 173 Å². The van der Waals surface area contributed by atoms with Gasteiger partial charge in [0, 0.05) is 23.8 Å². The van der Waals surface area contributed by atoms with E-state index in [9.17, 15) is 9.18 Å². The highest BCUT2D eigenvalue weighted by atomic mass is 19.1. The van der Waals surface area contributed by atoms with Crippen molar-refractivity contribution in [3.8, 4) is 0 Å². The third-order valence-corrected chi connectivity index (χ3v) is 4.92. The molecule has 0 aliphatic heterocycles. The van der Waals surface area contributed by atoms with Crippen LogP contribution in [-0.2, 0) is 6.54 Å². The second-order valence-corrected chi connectivity index (χ2v) is 7.04. The third kappa shape index (κ3) is 3.93. The molecule has 0 atom stereocenters. The van der Waals surface area contributed by atoms with Gasteiger partial charge in [-0.15, -0.1) is 0 Å². The van der Waals surface area contributed by atoms with Crippen LogP contribution in [0.4, 0.5) is 21.5 Å². The molecule has 1 heterocycles. The Bertz CT molecular complexity index is 1240. The van der Waals surface area contributed by atoms with Crippen molar-refractivity contribution in [2.45, 2.75) is 13.5 Å². The van der Waals surface area contributed by atoms with Crippen molar-refractivity contribution in [3.05, 3.63) is 95.4 Å². The van der Waals surface area contributed by atoms with Gasteiger partial charge in [-0.25, -0.2) is 4.39 Å². The third-order valence-electron chi connectivity index (χ3n) is 4.92. The Morgan fingerprint density at radius 2 is 1.87 bits per heavy atom. The maximum atomic E-state index is 13.4. The summed E-state index contributed by atoms with van der Waals surface area (Å²) in [6.45, 7) is 2.19. The molecule has 5 nitrogen and oxygen atoms in total. The van der Waals surface area contributed by atoms with Crippen LogP contribution in [0.3, 0.4) is 0 Å². The minimum Gasteiger partial charge on any atom is -0.397 e. The van der Waals surface area contributed by atoms with E-state index >= 15 is 0 Å². The van der Waals surface area contributed by atoms with Crippen molar-refractivity contribution >= 4 is 33.9 Å². The van der Waals surface area contributed by atoms with Crippen molar-refractivity contribution in [1.29, 1.82) is 0 Å². The lowest BCUT2D eigenvalue weighted by molar-refractivity contribution is 0.0951. The summed E-state index contributed by atoms with van der Waals surface area (Å²) >= 11 is 0. The number of amides is 1. The van der Waals surface area contributed by atoms with Gasteiger partial charge in [0.25, 0.3) is 5.91 Å². The fourth-order valence-corrected chi connectivity index (χ4v) is 3.33. The van der Waals surface area contributed by atoms with Gasteiger partial charge in [0.15, 0.2) is 0 Å². The second-order valence-electron chi connectivity index (χ2n) is 7.04. The van der Waals surface area contributed by atoms with E-state index in [1.165, 1.54) is 18.3 Å². The number of aromatic nitrogens is 1. The maximum Gasteiger partial charge on any atom is 0.255 e. The molecule has 4 rings (SSSR count). The van der Waals surface area contributed by atoms with E-state index in [0.717, 1.165) is 16.6 Å². The number of nitrogens with zero attached hydrogens (tertiary/aromatic N) is 1. The minimum absolute atomic E-state index is 0.204. The molecule has 0 saturated heterocycles. The number of nitrogens with one attached hydrogen (secondary N) is 2. The van der Waals surface area contributed by atoms with E-state index in [1.807, 2.05) is 43.3 Å². The van der Waals surface area contributed by atoms with Crippen LogP contribution in [-0.4, -0.2) is 10.9 Å². The second kappa shape index (κ2) is 8.21. The van der Waals surface area contributed by atoms with Crippen LogP contribution in [0.5, 0.6) is 0 Å². The summed E-state index contributed by atoms with van der Waals surface area (Å²) in [5, 5.41) is 6.98. The molecule has 150 valence electrons. The number of halogens is 1. The fourth-order valence-electron chi connectivity index (χ4n) is 3.33. The molecule has 0 radical (unpaired) electrons. The van der Waals surface area contributed by atoms with Gasteiger partial charge in [-0.1, -0.05) is 42.5 Å². The predicted octanol–water partition coefficient (Wildman–Crippen LogP) is 4.94. The lowest BCUT2D eigenvalue weighted by Crippen LogP contribution is -2.24. The van der Waals surface area contributed by atoms with Crippen LogP contribution < -0.4 is 16.4 Å². The number of nitrogens with two attached hydrogens (primary N) is 1. The van der Waals surface area contributed by atoms with Gasteiger partial charge in [-0.05, 0) is 42.3 Å². The molecule has 0 fully saturated rings. The van der Waals surface area contributed by atoms with E-state index < -0.39 is 0 Å². The quantitative estimate of drug-likeness (QED) is 0.415. The molecule has 3 aromatic carbocycles. The first-order valence-corrected chi connectivity index (χ1v) is 9.55. The summed E-state index contributed by atoms with van der Waals surface area (Å²) in [5.41, 5.74) is 10.9. The molecule has 4 N–H and O–H groups in total. The largest absolute Gasteiger partial charge is 0.397 e. The molecule has 0 aliphatic carbocycles. The maximum absolute atomic E-state index is 13.4. The van der Waals surface area contributed by atoms with Crippen molar-refractivity contribution in [3.63, 3.8) is 0 Å². The monoisotopic (exact) mass is 400 g/mol. The molecule has 0 saturated carbocycles. The molecule has 0 aliphatic rings. The van der Waals surface area contributed by atoms with E-state index in [0.29, 0.717) is 28.0 Å². The molecule has 0 unspecified atom stereocenters. The molecule has 30 heavy (non-hydrogen) atoms. The summed E-state index contributed by atoms with van der Waals surface area (Å²) in [6, 6.07) is 19.4. The van der Waals surface area contributed by atoms with Crippen LogP contribution >= 0.6 is 0 Å². The summed E-state index contributed by atoms with van der Waals surface area (Å²) in [7, 11) is 0. The van der Waals surface area contributed by atoms with Crippen molar-refractivity contribution in [2.24, 2.45) is 0 Å². The zero-order chi connectivity index (χ0) is 21.1. The lowest BCUT2D eigenvalue weighted by atomic mass is 10.1. The van der Waals surface area contributed by atoms with Crippen molar-refractivity contribution < 1.29 is 9.18 Å². The van der Waals surface area contributed by atoms with Gasteiger partial charge in [0.05, 0.1) is 22.5 Å². The summed E-state index contributed by atoms with van der Waals surface area (Å²) in [6.07, 6.45) is 1.51. The van der Waals surface area contributed by atoms with E-state index in [-0.39, 0.29) is 18.3 Å². The van der Waals surface area contributed by atoms with Gasteiger partial charge in [-0.2, -0.15) is 0 Å². The molecular weight excluding hydrogens is 379 g/mol. The first-order chi connectivity index (χ1) is 14.5. The smallest absolute Gasteiger partial charge is 0.255 e. The zero-order valence-electron chi connectivity index (χ0n) is 16.4. The van der Waals surface area contributed by atoms with E-state index in [2.05, 4.69) is 15.6 Å². The number of anilines is 3. The highest BCUT2D eigenvalue weighted by Gasteiger charge is 2.17. The number of hydrogen-bond acceptors (Lipinski definition) is 4. The minimum atomic E-state index is -0.341. The predicted molar refractivity (Wildman–Crippen MR) is 118 cm³/mol. The Hall–Kier alpha value is -3.93. The number of rotatable bonds is 5. The number of hydrogen-bond donors (Lipinski definition) is 3. The average molecular weight is 400 g/mol. The topological polar surface area (TPSA) is 80.0 Å². The SMILES string of the molecule is Cc1ccccc1Nc1c(C(=O)NCc2cccc(F)c2)cnc2c(N)cccc12. The first kappa shape index (κ1) is 19.4. The number of pyridine rings is 1. The summed E-state index contributed by atoms with van der Waals surface area (Å²) < 4.78 is 13.4. The van der Waals surface area contributed by atoms with Crippen molar-refractivity contribution in [2.75, 3.05) is 11.1 Å². The van der Waals surface area contributed by atoms with Crippen molar-refractivity contribution in [1.82, 2.24) is 10.3 Å². The molecule has 1 aromatic heterocycles. The Morgan fingerprint density at radius 1 is 1.07 bits per heavy atom. The normalized spacial score (nSPS) is 10.7. The number of carbonyl (C=O) groups excluding carboxylic acids is 1. The standard InChI is InChI=1S/C24H21FN4O/c1-15-6-2-3-11-21(15)29-22-18-9-5-10-20(26)23(18)27-14-19(22)24(30)28-13-16-7-4-8-17(25)12-16/h2-12,14H,13,26H2,1H3,(H,27,29)(H,28,30). The van der Waals surface area contributed by atoms with Gasteiger partial charge in [0.2, 0.25) is 0 Å². The number of aryl methyl sites for hydroxylation is 1. The van der Waals surface area contributed by atoms with Crippen LogP contribution in [0.1, 0.15) is 21.5 Å². The van der Waals surface area contributed by atoms with Crippen LogP contribution in [0.25, 0.3) is 10.9 Å². The molecule has 0 bridgehead atoms. The number of nitrogen functional groups attached to an aromatic ring is 1. The number of benzene rings is 3. The first-order valence-electron chi connectivity index (χ1n) is 9.55. The van der Waals surface area contributed by atoms with Gasteiger partial charge in [0.1, 0.15) is 5.82 Å². The van der Waals surface area contributed by atoms with Crippen LogP contribution in [0.15, 0.2) is 72.9 Å². The summed E-state index contributed by atoms with van der Waals surface area (Å²) in [5.74, 6) is -0.654. The van der Waals surface area contributed by atoms with Gasteiger partial charge >= 0.3 is 0 Å². The van der Waals surface area contributed by atoms with Gasteiger partial charge < -0.3 is 16.4 Å². The Kier molecular flexibility index (Phi) is 5.30. The number of fused-ring (bicyclic) bond motifs is 1. The molecule has 6 heteroatoms. The fraction of sp³-hybridized carbons (Fsp3) is 0.0833. The highest BCUT2D eigenvalue weighted by Crippen LogP contribution is 2.32. The highest BCUT2D eigenvalue weighted by molar-refractivity contribution is 6.10. The van der Waals surface area contributed by atoms with E-state index in [1.54, 1.807) is 18.2 Å². The van der Waals surface area contributed by atoms with E-state index in [4.69, 9.17) is 5.73 Å². The molecule has 0 spiro atoms. The average Bonchev–Trinajstić information content (AvgIpc) is 2.74.